The number of hydrogen-bond acceptors (Lipinski definition) is 5. The van der Waals surface area contributed by atoms with Crippen LogP contribution < -0.4 is 10.7 Å². The lowest BCUT2D eigenvalue weighted by Crippen LogP contribution is -2.10. The number of para-hydroxylation sites is 2. The quantitative estimate of drug-likeness (QED) is 0.192. The first-order valence-corrected chi connectivity index (χ1v) is 16.3. The number of rotatable bonds is 4. The summed E-state index contributed by atoms with van der Waals surface area (Å²) >= 11 is 3.01. The predicted octanol–water partition coefficient (Wildman–Crippen LogP) is 8.46. The maximum absolute atomic E-state index is 10.8. The van der Waals surface area contributed by atoms with Gasteiger partial charge >= 0.3 is 0 Å². The molecule has 4 aromatic heterocycles. The zero-order valence-corrected chi connectivity index (χ0v) is 26.5. The van der Waals surface area contributed by atoms with Crippen LogP contribution in [0.25, 0.3) is 69.8 Å². The molecule has 6 nitrogen and oxygen atoms in total. The Morgan fingerprint density at radius 3 is 1.70 bits per heavy atom. The first-order valence-electron chi connectivity index (χ1n) is 14.7. The maximum atomic E-state index is 10.8. The van der Waals surface area contributed by atoms with Crippen molar-refractivity contribution in [3.05, 3.63) is 140 Å². The van der Waals surface area contributed by atoms with Crippen molar-refractivity contribution in [2.24, 2.45) is 0 Å². The number of aromatic nitrogens is 4. The fourth-order valence-corrected chi connectivity index (χ4v) is 8.03. The van der Waals surface area contributed by atoms with E-state index in [9.17, 15) is 5.26 Å². The molecule has 2 N–H and O–H groups in total. The van der Waals surface area contributed by atoms with Crippen molar-refractivity contribution in [2.75, 3.05) is 0 Å². The second-order valence-electron chi connectivity index (χ2n) is 11.1. The predicted molar refractivity (Wildman–Crippen MR) is 189 cm³/mol. The van der Waals surface area contributed by atoms with E-state index in [1.807, 2.05) is 72.8 Å². The standard InChI is InChI=1S/C38H24N6S2/c1-21-12-4-6-14-23(21)32-30-31(35(44-32)36(40-3)38-42-27-17-9-11-19-29(27)46-38)33(24-15-7-5-13-22(24)2)43-34(30)25(20-39)37-41-26-16-8-10-18-28(26)45-37/h4-19,43-44H,1-2H3. The summed E-state index contributed by atoms with van der Waals surface area (Å²) in [7, 11) is 0. The molecule has 8 rings (SSSR count). The van der Waals surface area contributed by atoms with Gasteiger partial charge in [-0.05, 0) is 49.2 Å². The monoisotopic (exact) mass is 628 g/mol. The van der Waals surface area contributed by atoms with Crippen LogP contribution in [0.5, 0.6) is 0 Å². The van der Waals surface area contributed by atoms with Crippen LogP contribution >= 0.6 is 22.7 Å². The molecule has 46 heavy (non-hydrogen) atoms. The van der Waals surface area contributed by atoms with E-state index in [0.29, 0.717) is 32.0 Å². The zero-order valence-electron chi connectivity index (χ0n) is 24.8. The molecule has 0 unspecified atom stereocenters. The summed E-state index contributed by atoms with van der Waals surface area (Å²) in [6.07, 6.45) is 0. The van der Waals surface area contributed by atoms with E-state index < -0.39 is 0 Å². The van der Waals surface area contributed by atoms with Crippen LogP contribution in [0.3, 0.4) is 0 Å². The van der Waals surface area contributed by atoms with Gasteiger partial charge in [-0.25, -0.2) is 14.8 Å². The molecule has 0 aliphatic heterocycles. The average molecular weight is 629 g/mol. The van der Waals surface area contributed by atoms with Gasteiger partial charge in [0.1, 0.15) is 21.7 Å². The van der Waals surface area contributed by atoms with Crippen LogP contribution in [0, 0.1) is 31.8 Å². The van der Waals surface area contributed by atoms with Crippen LogP contribution in [0.15, 0.2) is 97.1 Å². The molecule has 8 aromatic rings. The average Bonchev–Trinajstić information content (AvgIpc) is 3.86. The van der Waals surface area contributed by atoms with E-state index in [0.717, 1.165) is 64.8 Å². The lowest BCUT2D eigenvalue weighted by molar-refractivity contribution is 1.26. The third-order valence-electron chi connectivity index (χ3n) is 8.29. The maximum Gasteiger partial charge on any atom is 0.245 e. The highest BCUT2D eigenvalue weighted by atomic mass is 32.1. The van der Waals surface area contributed by atoms with E-state index in [-0.39, 0.29) is 0 Å². The Morgan fingerprint density at radius 1 is 0.674 bits per heavy atom. The lowest BCUT2D eigenvalue weighted by atomic mass is 10.0. The van der Waals surface area contributed by atoms with Gasteiger partial charge in [-0.1, -0.05) is 72.8 Å². The fourth-order valence-electron chi connectivity index (χ4n) is 6.10. The molecule has 0 aliphatic rings. The third-order valence-corrected chi connectivity index (χ3v) is 10.4. The molecule has 0 atom stereocenters. The lowest BCUT2D eigenvalue weighted by Gasteiger charge is -2.05. The van der Waals surface area contributed by atoms with Gasteiger partial charge in [0.15, 0.2) is 0 Å². The van der Waals surface area contributed by atoms with Gasteiger partial charge in [-0.3, -0.25) is 0 Å². The summed E-state index contributed by atoms with van der Waals surface area (Å²) in [6, 6.07) is 34.7. The smallest absolute Gasteiger partial charge is 0.245 e. The number of nitrogens with one attached hydrogen (secondary N) is 2. The normalized spacial score (nSPS) is 12.8. The van der Waals surface area contributed by atoms with Crippen LogP contribution in [-0.2, 0) is 0 Å². The largest absolute Gasteiger partial charge is 0.363 e. The Kier molecular flexibility index (Phi) is 6.61. The molecular weight excluding hydrogens is 605 g/mol. The molecule has 0 radical (unpaired) electrons. The summed E-state index contributed by atoms with van der Waals surface area (Å²) in [5.41, 5.74) is 8.41. The van der Waals surface area contributed by atoms with Crippen LogP contribution in [-0.4, -0.2) is 19.9 Å². The molecule has 4 heterocycles. The number of fused-ring (bicyclic) bond motifs is 3. The number of hydrogen-bond donors (Lipinski definition) is 2. The number of nitriles is 1. The summed E-state index contributed by atoms with van der Waals surface area (Å²) in [4.78, 5) is 21.3. The van der Waals surface area contributed by atoms with Crippen molar-refractivity contribution in [1.29, 1.82) is 5.26 Å². The molecule has 8 heteroatoms. The summed E-state index contributed by atoms with van der Waals surface area (Å²) in [5, 5.41) is 15.1. The van der Waals surface area contributed by atoms with Crippen LogP contribution in [0.4, 0.5) is 0 Å². The first kappa shape index (κ1) is 27.7. The minimum atomic E-state index is 0.435. The molecule has 0 saturated carbocycles. The van der Waals surface area contributed by atoms with Gasteiger partial charge in [0.2, 0.25) is 5.70 Å². The molecular formula is C38H24N6S2. The van der Waals surface area contributed by atoms with Crippen LogP contribution in [0.1, 0.15) is 21.1 Å². The highest BCUT2D eigenvalue weighted by Crippen LogP contribution is 2.36. The molecule has 0 fully saturated rings. The third kappa shape index (κ3) is 4.35. The highest BCUT2D eigenvalue weighted by Gasteiger charge is 2.24. The number of benzene rings is 4. The molecule has 0 saturated heterocycles. The van der Waals surface area contributed by atoms with E-state index in [1.165, 1.54) is 22.7 Å². The van der Waals surface area contributed by atoms with Crippen molar-refractivity contribution in [2.45, 2.75) is 13.8 Å². The van der Waals surface area contributed by atoms with Crippen molar-refractivity contribution in [1.82, 2.24) is 19.9 Å². The van der Waals surface area contributed by atoms with Gasteiger partial charge < -0.3 is 9.97 Å². The zero-order chi connectivity index (χ0) is 31.4. The Balaban J connectivity index is 1.61. The number of nitrogens with zero attached hydrogens (tertiary/aromatic N) is 4. The van der Waals surface area contributed by atoms with Crippen LogP contribution in [0.2, 0.25) is 0 Å². The summed E-state index contributed by atoms with van der Waals surface area (Å²) < 4.78 is 2.03. The van der Waals surface area contributed by atoms with Crippen molar-refractivity contribution < 1.29 is 0 Å². The minimum absolute atomic E-state index is 0.435. The number of H-pyrrole nitrogens is 2. The Morgan fingerprint density at radius 2 is 1.15 bits per heavy atom. The van der Waals surface area contributed by atoms with Gasteiger partial charge in [-0.15, -0.1) is 22.7 Å². The molecule has 4 aromatic carbocycles. The molecule has 0 amide bonds. The van der Waals surface area contributed by atoms with Crippen molar-refractivity contribution >= 4 is 65.1 Å². The second-order valence-corrected chi connectivity index (χ2v) is 13.1. The molecule has 0 aliphatic carbocycles. The van der Waals surface area contributed by atoms with Crippen molar-refractivity contribution in [3.63, 3.8) is 0 Å². The van der Waals surface area contributed by atoms with E-state index >= 15 is 0 Å². The molecule has 0 spiro atoms. The Labute approximate surface area is 272 Å². The van der Waals surface area contributed by atoms with Gasteiger partial charge in [-0.2, -0.15) is 5.26 Å². The summed E-state index contributed by atoms with van der Waals surface area (Å²) in [5.74, 6) is 0. The van der Waals surface area contributed by atoms with Crippen molar-refractivity contribution in [3.8, 4) is 28.6 Å². The Bertz CT molecular complexity index is 2450. The molecule has 0 bridgehead atoms. The highest BCUT2D eigenvalue weighted by molar-refractivity contribution is 7.20. The van der Waals surface area contributed by atoms with E-state index in [4.69, 9.17) is 16.5 Å². The van der Waals surface area contributed by atoms with Gasteiger partial charge in [0.25, 0.3) is 0 Å². The Hall–Kier alpha value is -5.80. The second kappa shape index (κ2) is 11.0. The fraction of sp³-hybridized carbons (Fsp3) is 0.0526. The van der Waals surface area contributed by atoms with Gasteiger partial charge in [0.05, 0.1) is 49.1 Å². The SMILES string of the molecule is [C-]#[N+]C(c1nc2ccccc2s1)=c1[nH]c(-c2ccccc2C)c2c(=C(C#N)c3nc4ccccc4s3)[nH]c(-c3ccccc3C)c12. The van der Waals surface area contributed by atoms with E-state index in [1.54, 1.807) is 0 Å². The number of thiazole rings is 2. The molecule has 218 valence electrons. The topological polar surface area (TPSA) is 85.5 Å². The minimum Gasteiger partial charge on any atom is -0.363 e. The first-order chi connectivity index (χ1) is 22.6. The van der Waals surface area contributed by atoms with Gasteiger partial charge in [0, 0.05) is 21.9 Å². The summed E-state index contributed by atoms with van der Waals surface area (Å²) in [6.45, 7) is 12.6. The number of aromatic amines is 2. The van der Waals surface area contributed by atoms with E-state index in [2.05, 4.69) is 59.0 Å². The number of aryl methyl sites for hydroxylation is 2.